The predicted octanol–water partition coefficient (Wildman–Crippen LogP) is 2.96. The molecule has 0 radical (unpaired) electrons. The van der Waals surface area contributed by atoms with Gasteiger partial charge < -0.3 is 15.7 Å². The van der Waals surface area contributed by atoms with E-state index in [0.717, 1.165) is 12.0 Å². The second kappa shape index (κ2) is 9.27. The molecule has 0 spiro atoms. The average Bonchev–Trinajstić information content (AvgIpc) is 3.10. The van der Waals surface area contributed by atoms with Crippen LogP contribution in [0.3, 0.4) is 0 Å². The second-order valence-corrected chi connectivity index (χ2v) is 11.1. The van der Waals surface area contributed by atoms with Crippen LogP contribution in [0.5, 0.6) is 0 Å². The molecule has 1 amide bonds. The van der Waals surface area contributed by atoms with Gasteiger partial charge in [-0.3, -0.25) is 4.79 Å². The highest BCUT2D eigenvalue weighted by molar-refractivity contribution is 7.90. The van der Waals surface area contributed by atoms with Gasteiger partial charge in [0, 0.05) is 23.8 Å². The van der Waals surface area contributed by atoms with Crippen LogP contribution in [0.4, 0.5) is 11.6 Å². The van der Waals surface area contributed by atoms with E-state index in [4.69, 9.17) is 10.7 Å². The van der Waals surface area contributed by atoms with Crippen LogP contribution in [0.2, 0.25) is 0 Å². The SMILES string of the molecule is C[C@@H]1CN(c2nc(-c3ccccc3CO)ccc2C(=O)NS(=O)(=O)c2cccnc2N)C(C)(C)C1. The molecule has 3 aromatic rings. The minimum atomic E-state index is -4.26. The van der Waals surface area contributed by atoms with Gasteiger partial charge in [-0.2, -0.15) is 0 Å². The minimum Gasteiger partial charge on any atom is -0.392 e. The van der Waals surface area contributed by atoms with Crippen LogP contribution in [0.1, 0.15) is 43.1 Å². The fourth-order valence-corrected chi connectivity index (χ4v) is 5.76. The molecule has 0 saturated carbocycles. The number of nitrogen functional groups attached to an aromatic ring is 1. The molecule has 0 aliphatic carbocycles. The highest BCUT2D eigenvalue weighted by Gasteiger charge is 2.39. The maximum atomic E-state index is 13.3. The third-order valence-electron chi connectivity index (χ3n) is 6.23. The van der Waals surface area contributed by atoms with E-state index in [1.165, 1.54) is 18.3 Å². The summed E-state index contributed by atoms with van der Waals surface area (Å²) >= 11 is 0. The monoisotopic (exact) mass is 495 g/mol. The van der Waals surface area contributed by atoms with Crippen molar-refractivity contribution in [3.63, 3.8) is 0 Å². The van der Waals surface area contributed by atoms with Crippen molar-refractivity contribution in [1.82, 2.24) is 14.7 Å². The molecule has 1 saturated heterocycles. The number of nitrogens with zero attached hydrogens (tertiary/aromatic N) is 3. The number of aliphatic hydroxyl groups excluding tert-OH is 1. The summed E-state index contributed by atoms with van der Waals surface area (Å²) < 4.78 is 27.9. The Morgan fingerprint density at radius 1 is 1.20 bits per heavy atom. The van der Waals surface area contributed by atoms with Crippen molar-refractivity contribution in [2.45, 2.75) is 44.2 Å². The number of hydrogen-bond donors (Lipinski definition) is 3. The van der Waals surface area contributed by atoms with Gasteiger partial charge in [0.1, 0.15) is 16.5 Å². The summed E-state index contributed by atoms with van der Waals surface area (Å²) in [5.41, 5.74) is 7.58. The first kappa shape index (κ1) is 24.6. The number of benzene rings is 1. The van der Waals surface area contributed by atoms with Gasteiger partial charge in [-0.25, -0.2) is 23.1 Å². The van der Waals surface area contributed by atoms with E-state index in [0.29, 0.717) is 29.5 Å². The molecule has 3 heterocycles. The van der Waals surface area contributed by atoms with Gasteiger partial charge in [-0.05, 0) is 56.0 Å². The third-order valence-corrected chi connectivity index (χ3v) is 7.61. The Morgan fingerprint density at radius 2 is 1.94 bits per heavy atom. The summed E-state index contributed by atoms with van der Waals surface area (Å²) in [7, 11) is -4.26. The molecular formula is C25H29N5O4S. The summed E-state index contributed by atoms with van der Waals surface area (Å²) in [5.74, 6) is -0.267. The zero-order valence-corrected chi connectivity index (χ0v) is 20.7. The molecule has 4 rings (SSSR count). The molecule has 10 heteroatoms. The van der Waals surface area contributed by atoms with Gasteiger partial charge in [-0.1, -0.05) is 31.2 Å². The average molecular weight is 496 g/mol. The summed E-state index contributed by atoms with van der Waals surface area (Å²) in [6, 6.07) is 13.3. The molecule has 0 unspecified atom stereocenters. The molecule has 1 aromatic carbocycles. The molecule has 0 bridgehead atoms. The van der Waals surface area contributed by atoms with E-state index >= 15 is 0 Å². The summed E-state index contributed by atoms with van der Waals surface area (Å²) in [6.07, 6.45) is 2.26. The lowest BCUT2D eigenvalue weighted by Crippen LogP contribution is -2.41. The Morgan fingerprint density at radius 3 is 2.60 bits per heavy atom. The van der Waals surface area contributed by atoms with Crippen LogP contribution in [0.25, 0.3) is 11.3 Å². The van der Waals surface area contributed by atoms with Crippen molar-refractivity contribution in [2.75, 3.05) is 17.2 Å². The quantitative estimate of drug-likeness (QED) is 0.474. The number of carbonyl (C=O) groups is 1. The molecule has 2 aromatic heterocycles. The van der Waals surface area contributed by atoms with Crippen molar-refractivity contribution >= 4 is 27.6 Å². The fourth-order valence-electron chi connectivity index (χ4n) is 4.71. The van der Waals surface area contributed by atoms with Gasteiger partial charge in [0.25, 0.3) is 15.9 Å². The Hall–Kier alpha value is -3.50. The lowest BCUT2D eigenvalue weighted by atomic mass is 9.97. The van der Waals surface area contributed by atoms with Gasteiger partial charge >= 0.3 is 0 Å². The largest absolute Gasteiger partial charge is 0.392 e. The van der Waals surface area contributed by atoms with Gasteiger partial charge in [0.05, 0.1) is 17.9 Å². The van der Waals surface area contributed by atoms with Crippen molar-refractivity contribution in [3.8, 4) is 11.3 Å². The normalized spacial score (nSPS) is 17.4. The van der Waals surface area contributed by atoms with Crippen molar-refractivity contribution in [2.24, 2.45) is 5.92 Å². The van der Waals surface area contributed by atoms with Gasteiger partial charge in [0.2, 0.25) is 0 Å². The van der Waals surface area contributed by atoms with Crippen molar-refractivity contribution < 1.29 is 18.3 Å². The molecule has 9 nitrogen and oxygen atoms in total. The lowest BCUT2D eigenvalue weighted by Gasteiger charge is -2.34. The molecule has 35 heavy (non-hydrogen) atoms. The number of carbonyl (C=O) groups excluding carboxylic acids is 1. The molecule has 1 atom stereocenters. The van der Waals surface area contributed by atoms with E-state index < -0.39 is 15.9 Å². The van der Waals surface area contributed by atoms with E-state index in [2.05, 4.69) is 30.5 Å². The number of pyridine rings is 2. The first-order valence-electron chi connectivity index (χ1n) is 11.3. The molecular weight excluding hydrogens is 466 g/mol. The van der Waals surface area contributed by atoms with Crippen LogP contribution in [0, 0.1) is 5.92 Å². The summed E-state index contributed by atoms with van der Waals surface area (Å²) in [6.45, 7) is 6.77. The molecule has 184 valence electrons. The van der Waals surface area contributed by atoms with Gasteiger partial charge in [-0.15, -0.1) is 0 Å². The smallest absolute Gasteiger partial charge is 0.268 e. The number of nitrogens with two attached hydrogens (primary N) is 1. The van der Waals surface area contributed by atoms with Crippen molar-refractivity contribution in [3.05, 3.63) is 65.9 Å². The Balaban J connectivity index is 1.80. The number of aromatic nitrogens is 2. The number of amides is 1. The number of rotatable bonds is 6. The number of nitrogens with one attached hydrogen (secondary N) is 1. The first-order valence-corrected chi connectivity index (χ1v) is 12.8. The van der Waals surface area contributed by atoms with Crippen LogP contribution in [0.15, 0.2) is 59.6 Å². The number of sulfonamides is 1. The summed E-state index contributed by atoms with van der Waals surface area (Å²) in [4.78, 5) is 23.7. The number of anilines is 2. The van der Waals surface area contributed by atoms with Gasteiger partial charge in [0.15, 0.2) is 0 Å². The van der Waals surface area contributed by atoms with E-state index in [9.17, 15) is 18.3 Å². The van der Waals surface area contributed by atoms with Crippen LogP contribution < -0.4 is 15.4 Å². The van der Waals surface area contributed by atoms with Crippen LogP contribution in [-0.4, -0.2) is 41.5 Å². The van der Waals surface area contributed by atoms with E-state index in [-0.39, 0.29) is 28.4 Å². The molecule has 1 aliphatic rings. The fraction of sp³-hybridized carbons (Fsp3) is 0.320. The van der Waals surface area contributed by atoms with Crippen LogP contribution >= 0.6 is 0 Å². The zero-order chi connectivity index (χ0) is 25.4. The summed E-state index contributed by atoms with van der Waals surface area (Å²) in [5, 5.41) is 9.80. The number of hydrogen-bond acceptors (Lipinski definition) is 8. The lowest BCUT2D eigenvalue weighted by molar-refractivity contribution is 0.0981. The van der Waals surface area contributed by atoms with Crippen LogP contribution in [-0.2, 0) is 16.6 Å². The maximum Gasteiger partial charge on any atom is 0.268 e. The topological polar surface area (TPSA) is 139 Å². The number of aliphatic hydroxyl groups is 1. The van der Waals surface area contributed by atoms with Crippen molar-refractivity contribution in [1.29, 1.82) is 0 Å². The predicted molar refractivity (Wildman–Crippen MR) is 134 cm³/mol. The minimum absolute atomic E-state index is 0.128. The highest BCUT2D eigenvalue weighted by Crippen LogP contribution is 2.38. The first-order chi connectivity index (χ1) is 16.5. The maximum absolute atomic E-state index is 13.3. The second-order valence-electron chi connectivity index (χ2n) is 9.44. The van der Waals surface area contributed by atoms with E-state index in [1.807, 2.05) is 29.2 Å². The highest BCUT2D eigenvalue weighted by atomic mass is 32.2. The third kappa shape index (κ3) is 4.85. The Bertz CT molecular complexity index is 1370. The molecule has 4 N–H and O–H groups in total. The Labute approximate surface area is 205 Å². The molecule has 1 aliphatic heterocycles. The Kier molecular flexibility index (Phi) is 6.52. The standard InChI is InChI=1S/C25H29N5O4S/c1-16-13-25(2,3)30(14-16)23-19(10-11-20(28-23)18-8-5-4-7-17(18)15-31)24(32)29-35(33,34)21-9-6-12-27-22(21)26/h4-12,16,31H,13-15H2,1-3H3,(H2,26,27)(H,29,32)/t16-/m0/s1. The molecule has 1 fully saturated rings. The van der Waals surface area contributed by atoms with E-state index in [1.54, 1.807) is 12.1 Å². The zero-order valence-electron chi connectivity index (χ0n) is 19.9.